The van der Waals surface area contributed by atoms with E-state index in [2.05, 4.69) is 16.0 Å². The van der Waals surface area contributed by atoms with Crippen molar-refractivity contribution in [1.29, 1.82) is 0 Å². The van der Waals surface area contributed by atoms with E-state index in [1.54, 1.807) is 18.2 Å². The van der Waals surface area contributed by atoms with Crippen LogP contribution in [0.1, 0.15) is 18.1 Å². The minimum atomic E-state index is -0.584. The summed E-state index contributed by atoms with van der Waals surface area (Å²) in [5, 5.41) is 7.48. The maximum Gasteiger partial charge on any atom is 0.263 e. The Hall–Kier alpha value is -3.72. The van der Waals surface area contributed by atoms with E-state index in [9.17, 15) is 14.4 Å². The van der Waals surface area contributed by atoms with Crippen molar-refractivity contribution < 1.29 is 23.9 Å². The maximum atomic E-state index is 12.2. The second-order valence-electron chi connectivity index (χ2n) is 6.64. The summed E-state index contributed by atoms with van der Waals surface area (Å²) < 4.78 is 11.2. The first-order chi connectivity index (χ1) is 14.9. The molecule has 8 nitrogen and oxygen atoms in total. The van der Waals surface area contributed by atoms with E-state index in [1.807, 2.05) is 38.1 Å². The molecule has 0 saturated carbocycles. The fraction of sp³-hybridized carbons (Fsp3) is 0.182. The van der Waals surface area contributed by atoms with Crippen LogP contribution in [0.4, 0.5) is 5.69 Å². The smallest absolute Gasteiger partial charge is 0.263 e. The lowest BCUT2D eigenvalue weighted by molar-refractivity contribution is -0.123. The van der Waals surface area contributed by atoms with Gasteiger partial charge < -0.3 is 14.8 Å². The molecular weight excluding hydrogens is 418 g/mol. The van der Waals surface area contributed by atoms with Gasteiger partial charge in [-0.25, -0.2) is 0 Å². The van der Waals surface area contributed by atoms with Crippen molar-refractivity contribution in [3.8, 4) is 11.5 Å². The number of nitrogens with one attached hydrogen (secondary N) is 3. The second kappa shape index (κ2) is 9.86. The molecule has 1 fully saturated rings. The molecule has 1 aliphatic rings. The van der Waals surface area contributed by atoms with Crippen molar-refractivity contribution in [2.45, 2.75) is 13.8 Å². The van der Waals surface area contributed by atoms with Crippen molar-refractivity contribution in [2.24, 2.45) is 0 Å². The van der Waals surface area contributed by atoms with Crippen LogP contribution in [0.2, 0.25) is 0 Å². The Balaban J connectivity index is 1.71. The summed E-state index contributed by atoms with van der Waals surface area (Å²) in [7, 11) is 0. The predicted octanol–water partition coefficient (Wildman–Crippen LogP) is 2.33. The topological polar surface area (TPSA) is 106 Å². The van der Waals surface area contributed by atoms with Crippen molar-refractivity contribution in [3.05, 3.63) is 59.2 Å². The third-order valence-corrected chi connectivity index (χ3v) is 4.42. The second-order valence-corrected chi connectivity index (χ2v) is 7.05. The molecule has 9 heteroatoms. The molecule has 0 aromatic heterocycles. The Kier molecular flexibility index (Phi) is 6.99. The van der Waals surface area contributed by atoms with Crippen molar-refractivity contribution >= 4 is 46.8 Å². The SMILES string of the molecule is CCOc1cc(C=C2C(=O)NC(=S)NC2=O)ccc1OCC(=O)Nc1ccc(C)cc1. The molecule has 0 unspecified atom stereocenters. The maximum absolute atomic E-state index is 12.2. The molecule has 0 atom stereocenters. The molecule has 1 saturated heterocycles. The lowest BCUT2D eigenvalue weighted by Crippen LogP contribution is -2.51. The summed E-state index contributed by atoms with van der Waals surface area (Å²) in [4.78, 5) is 36.2. The van der Waals surface area contributed by atoms with Gasteiger partial charge >= 0.3 is 0 Å². The van der Waals surface area contributed by atoms with E-state index in [1.165, 1.54) is 6.08 Å². The molecule has 0 radical (unpaired) electrons. The molecule has 2 aromatic rings. The lowest BCUT2D eigenvalue weighted by atomic mass is 10.1. The van der Waals surface area contributed by atoms with Crippen LogP contribution in [-0.2, 0) is 14.4 Å². The third-order valence-electron chi connectivity index (χ3n) is 4.22. The number of amides is 3. The highest BCUT2D eigenvalue weighted by Gasteiger charge is 2.25. The molecule has 3 rings (SSSR count). The number of rotatable bonds is 7. The van der Waals surface area contributed by atoms with Gasteiger partial charge in [-0.15, -0.1) is 0 Å². The van der Waals surface area contributed by atoms with Gasteiger partial charge in [0.2, 0.25) is 0 Å². The van der Waals surface area contributed by atoms with E-state index in [-0.39, 0.29) is 23.2 Å². The number of hydrogen-bond donors (Lipinski definition) is 3. The van der Waals surface area contributed by atoms with E-state index in [0.29, 0.717) is 29.4 Å². The number of carbonyl (C=O) groups excluding carboxylic acids is 3. The fourth-order valence-electron chi connectivity index (χ4n) is 2.75. The van der Waals surface area contributed by atoms with Gasteiger partial charge in [0.1, 0.15) is 5.57 Å². The molecular formula is C22H21N3O5S. The zero-order chi connectivity index (χ0) is 22.4. The Morgan fingerprint density at radius 1 is 1.03 bits per heavy atom. The molecule has 0 bridgehead atoms. The molecule has 160 valence electrons. The van der Waals surface area contributed by atoms with Crippen LogP contribution in [-0.4, -0.2) is 36.0 Å². The summed E-state index contributed by atoms with van der Waals surface area (Å²) in [6, 6.07) is 12.3. The fourth-order valence-corrected chi connectivity index (χ4v) is 2.94. The van der Waals surface area contributed by atoms with E-state index in [4.69, 9.17) is 21.7 Å². The number of carbonyl (C=O) groups is 3. The van der Waals surface area contributed by atoms with Crippen LogP contribution in [0.3, 0.4) is 0 Å². The number of ether oxygens (including phenoxy) is 2. The normalized spacial score (nSPS) is 13.2. The van der Waals surface area contributed by atoms with Gasteiger partial charge in [0, 0.05) is 5.69 Å². The van der Waals surface area contributed by atoms with Gasteiger partial charge in [-0.2, -0.15) is 0 Å². The summed E-state index contributed by atoms with van der Waals surface area (Å²) in [5.41, 5.74) is 2.24. The highest BCUT2D eigenvalue weighted by atomic mass is 32.1. The van der Waals surface area contributed by atoms with Crippen molar-refractivity contribution in [2.75, 3.05) is 18.5 Å². The number of aryl methyl sites for hydroxylation is 1. The largest absolute Gasteiger partial charge is 0.490 e. The average molecular weight is 439 g/mol. The molecule has 0 aliphatic carbocycles. The van der Waals surface area contributed by atoms with Crippen molar-refractivity contribution in [1.82, 2.24) is 10.6 Å². The lowest BCUT2D eigenvalue weighted by Gasteiger charge is -2.17. The number of thiocarbonyl (C=S) groups is 1. The van der Waals surface area contributed by atoms with Gasteiger partial charge in [0.15, 0.2) is 23.2 Å². The Bertz CT molecular complexity index is 1040. The zero-order valence-corrected chi connectivity index (χ0v) is 17.8. The Morgan fingerprint density at radius 3 is 2.35 bits per heavy atom. The van der Waals surface area contributed by atoms with Crippen molar-refractivity contribution in [3.63, 3.8) is 0 Å². The van der Waals surface area contributed by atoms with Crippen LogP contribution in [0.15, 0.2) is 48.0 Å². The van der Waals surface area contributed by atoms with Crippen LogP contribution in [0.25, 0.3) is 6.08 Å². The molecule has 0 spiro atoms. The monoisotopic (exact) mass is 439 g/mol. The quantitative estimate of drug-likeness (QED) is 0.347. The highest BCUT2D eigenvalue weighted by Crippen LogP contribution is 2.29. The van der Waals surface area contributed by atoms with Gasteiger partial charge in [-0.3, -0.25) is 25.0 Å². The first-order valence-electron chi connectivity index (χ1n) is 9.50. The summed E-state index contributed by atoms with van der Waals surface area (Å²) in [6.07, 6.45) is 1.42. The van der Waals surface area contributed by atoms with E-state index in [0.717, 1.165) is 5.56 Å². The standard InChI is InChI=1S/C22H21N3O5S/c1-3-29-18-11-14(10-16-20(27)24-22(31)25-21(16)28)6-9-17(18)30-12-19(26)23-15-7-4-13(2)5-8-15/h4-11H,3,12H2,1-2H3,(H,23,26)(H2,24,25,27,28,31). The minimum Gasteiger partial charge on any atom is -0.490 e. The average Bonchev–Trinajstić information content (AvgIpc) is 2.72. The molecule has 3 amide bonds. The molecule has 3 N–H and O–H groups in total. The van der Waals surface area contributed by atoms with E-state index < -0.39 is 11.8 Å². The van der Waals surface area contributed by atoms with Gasteiger partial charge in [0.05, 0.1) is 6.61 Å². The Labute approximate surface area is 184 Å². The number of hydrogen-bond acceptors (Lipinski definition) is 6. The predicted molar refractivity (Wildman–Crippen MR) is 120 cm³/mol. The zero-order valence-electron chi connectivity index (χ0n) is 17.0. The van der Waals surface area contributed by atoms with Gasteiger partial charge in [-0.1, -0.05) is 23.8 Å². The Morgan fingerprint density at radius 2 is 1.71 bits per heavy atom. The number of anilines is 1. The summed E-state index contributed by atoms with van der Waals surface area (Å²) in [6.45, 7) is 3.92. The van der Waals surface area contributed by atoms with Crippen LogP contribution >= 0.6 is 12.2 Å². The molecule has 1 heterocycles. The summed E-state index contributed by atoms with van der Waals surface area (Å²) in [5.74, 6) is -0.738. The first-order valence-corrected chi connectivity index (χ1v) is 9.91. The highest BCUT2D eigenvalue weighted by molar-refractivity contribution is 7.80. The van der Waals surface area contributed by atoms with Crippen LogP contribution in [0, 0.1) is 6.92 Å². The van der Waals surface area contributed by atoms with Crippen LogP contribution < -0.4 is 25.4 Å². The van der Waals surface area contributed by atoms with Gasteiger partial charge in [-0.05, 0) is 62.0 Å². The number of benzene rings is 2. The third kappa shape index (κ3) is 5.89. The van der Waals surface area contributed by atoms with Crippen LogP contribution in [0.5, 0.6) is 11.5 Å². The summed E-state index contributed by atoms with van der Waals surface area (Å²) >= 11 is 4.79. The van der Waals surface area contributed by atoms with Gasteiger partial charge in [0.25, 0.3) is 17.7 Å². The molecule has 1 aliphatic heterocycles. The van der Waals surface area contributed by atoms with E-state index >= 15 is 0 Å². The molecule has 31 heavy (non-hydrogen) atoms. The molecule has 2 aromatic carbocycles. The first kappa shape index (κ1) is 22.0. The minimum absolute atomic E-state index is 0.0326.